The van der Waals surface area contributed by atoms with E-state index in [1.807, 2.05) is 6.92 Å². The number of aromatic nitrogens is 4. The minimum atomic E-state index is -0.473. The lowest BCUT2D eigenvalue weighted by atomic mass is 10.3. The quantitative estimate of drug-likeness (QED) is 0.370. The van der Waals surface area contributed by atoms with Crippen molar-refractivity contribution >= 4 is 17.5 Å². The standard InChI is InChI=1S/C23H24N6O5/c1-3-28-14-20(21(27-28)23(31)24-13-18-5-4-12-33-18)25-22(30)19-10-11-29(26-19)15-34-17-8-6-16(32-2)7-9-17/h4-12,14H,3,13,15H2,1-2H3,(H,24,31)(H,25,30). The Kier molecular flexibility index (Phi) is 6.92. The van der Waals surface area contributed by atoms with Crippen molar-refractivity contribution < 1.29 is 23.5 Å². The van der Waals surface area contributed by atoms with Crippen molar-refractivity contribution in [2.45, 2.75) is 26.7 Å². The second kappa shape index (κ2) is 10.4. The van der Waals surface area contributed by atoms with Crippen molar-refractivity contribution in [3.8, 4) is 11.5 Å². The number of nitrogens with zero attached hydrogens (tertiary/aromatic N) is 4. The van der Waals surface area contributed by atoms with E-state index >= 15 is 0 Å². The molecule has 0 radical (unpaired) electrons. The predicted molar refractivity (Wildman–Crippen MR) is 122 cm³/mol. The average molecular weight is 464 g/mol. The molecule has 0 aliphatic rings. The van der Waals surface area contributed by atoms with Crippen LogP contribution < -0.4 is 20.1 Å². The molecule has 0 atom stereocenters. The van der Waals surface area contributed by atoms with Crippen molar-refractivity contribution in [3.05, 3.63) is 78.3 Å². The minimum Gasteiger partial charge on any atom is -0.497 e. The topological polar surface area (TPSA) is 125 Å². The number of amides is 2. The normalized spacial score (nSPS) is 10.6. The molecule has 3 heterocycles. The maximum absolute atomic E-state index is 12.8. The lowest BCUT2D eigenvalue weighted by molar-refractivity contribution is 0.0943. The van der Waals surface area contributed by atoms with E-state index in [2.05, 4.69) is 20.8 Å². The third kappa shape index (κ3) is 5.44. The van der Waals surface area contributed by atoms with Crippen LogP contribution in [0.15, 0.2) is 65.5 Å². The number of nitrogens with one attached hydrogen (secondary N) is 2. The Bertz CT molecular complexity index is 1240. The van der Waals surface area contributed by atoms with Gasteiger partial charge in [-0.05, 0) is 49.4 Å². The molecule has 0 saturated heterocycles. The van der Waals surface area contributed by atoms with Crippen LogP contribution in [0.2, 0.25) is 0 Å². The fraction of sp³-hybridized carbons (Fsp3) is 0.217. The highest BCUT2D eigenvalue weighted by Gasteiger charge is 2.20. The number of hydrogen-bond donors (Lipinski definition) is 2. The van der Waals surface area contributed by atoms with Crippen molar-refractivity contribution in [3.63, 3.8) is 0 Å². The molecule has 34 heavy (non-hydrogen) atoms. The number of carbonyl (C=O) groups is 2. The fourth-order valence-corrected chi connectivity index (χ4v) is 3.06. The first-order chi connectivity index (χ1) is 16.6. The summed E-state index contributed by atoms with van der Waals surface area (Å²) in [5.74, 6) is 1.07. The number of aryl methyl sites for hydroxylation is 1. The molecule has 3 aromatic heterocycles. The third-order valence-corrected chi connectivity index (χ3v) is 4.85. The first-order valence-corrected chi connectivity index (χ1v) is 10.6. The summed E-state index contributed by atoms with van der Waals surface area (Å²) in [4.78, 5) is 25.4. The first kappa shape index (κ1) is 22.6. The smallest absolute Gasteiger partial charge is 0.276 e. The van der Waals surface area contributed by atoms with Gasteiger partial charge in [0, 0.05) is 18.9 Å². The highest BCUT2D eigenvalue weighted by molar-refractivity contribution is 6.07. The molecule has 0 aliphatic carbocycles. The molecule has 0 saturated carbocycles. The second-order valence-corrected chi connectivity index (χ2v) is 7.15. The Hall–Kier alpha value is -4.54. The Balaban J connectivity index is 1.38. The van der Waals surface area contributed by atoms with Gasteiger partial charge in [0.05, 0.1) is 25.6 Å². The van der Waals surface area contributed by atoms with Crippen molar-refractivity contribution in [2.24, 2.45) is 0 Å². The SMILES string of the molecule is CCn1cc(NC(=O)c2ccn(COc3ccc(OC)cc3)n2)c(C(=O)NCc2ccco2)n1. The van der Waals surface area contributed by atoms with Crippen LogP contribution in [0, 0.1) is 0 Å². The van der Waals surface area contributed by atoms with E-state index in [-0.39, 0.29) is 30.4 Å². The van der Waals surface area contributed by atoms with Crippen molar-refractivity contribution in [2.75, 3.05) is 12.4 Å². The van der Waals surface area contributed by atoms with E-state index in [0.29, 0.717) is 18.1 Å². The lowest BCUT2D eigenvalue weighted by Crippen LogP contribution is -2.25. The number of methoxy groups -OCH3 is 1. The molecule has 11 heteroatoms. The van der Waals surface area contributed by atoms with Crippen LogP contribution in [-0.2, 0) is 19.8 Å². The largest absolute Gasteiger partial charge is 0.497 e. The Morgan fingerprint density at radius 1 is 1.03 bits per heavy atom. The number of ether oxygens (including phenoxy) is 2. The number of carbonyl (C=O) groups excluding carboxylic acids is 2. The lowest BCUT2D eigenvalue weighted by Gasteiger charge is -2.07. The minimum absolute atomic E-state index is 0.101. The molecule has 11 nitrogen and oxygen atoms in total. The zero-order valence-corrected chi connectivity index (χ0v) is 18.7. The van der Waals surface area contributed by atoms with Gasteiger partial charge in [-0.2, -0.15) is 10.2 Å². The van der Waals surface area contributed by atoms with Crippen molar-refractivity contribution in [1.29, 1.82) is 0 Å². The van der Waals surface area contributed by atoms with Crippen LogP contribution in [0.25, 0.3) is 0 Å². The van der Waals surface area contributed by atoms with Gasteiger partial charge >= 0.3 is 0 Å². The van der Waals surface area contributed by atoms with E-state index in [1.165, 1.54) is 10.9 Å². The van der Waals surface area contributed by atoms with E-state index in [4.69, 9.17) is 13.9 Å². The monoisotopic (exact) mass is 464 g/mol. The van der Waals surface area contributed by atoms with E-state index < -0.39 is 11.8 Å². The van der Waals surface area contributed by atoms with Crippen LogP contribution in [-0.4, -0.2) is 38.5 Å². The first-order valence-electron chi connectivity index (χ1n) is 10.6. The highest BCUT2D eigenvalue weighted by atomic mass is 16.5. The van der Waals surface area contributed by atoms with Crippen LogP contribution in [0.5, 0.6) is 11.5 Å². The molecular formula is C23H24N6O5. The van der Waals surface area contributed by atoms with Crippen LogP contribution >= 0.6 is 0 Å². The zero-order valence-electron chi connectivity index (χ0n) is 18.7. The maximum Gasteiger partial charge on any atom is 0.276 e. The summed E-state index contributed by atoms with van der Waals surface area (Å²) < 4.78 is 19.1. The van der Waals surface area contributed by atoms with E-state index in [9.17, 15) is 9.59 Å². The summed E-state index contributed by atoms with van der Waals surface area (Å²) in [7, 11) is 1.59. The fourth-order valence-electron chi connectivity index (χ4n) is 3.06. The summed E-state index contributed by atoms with van der Waals surface area (Å²) in [6.07, 6.45) is 4.76. The maximum atomic E-state index is 12.8. The number of benzene rings is 1. The number of furan rings is 1. The highest BCUT2D eigenvalue weighted by Crippen LogP contribution is 2.18. The molecule has 2 N–H and O–H groups in total. The number of anilines is 1. The molecule has 4 rings (SSSR count). The van der Waals surface area contributed by atoms with Crippen LogP contribution in [0.3, 0.4) is 0 Å². The van der Waals surface area contributed by atoms with E-state index in [0.717, 1.165) is 5.75 Å². The zero-order chi connectivity index (χ0) is 23.9. The summed E-state index contributed by atoms with van der Waals surface area (Å²) >= 11 is 0. The second-order valence-electron chi connectivity index (χ2n) is 7.15. The van der Waals surface area contributed by atoms with E-state index in [1.54, 1.807) is 66.6 Å². The van der Waals surface area contributed by atoms with Gasteiger partial charge in [0.25, 0.3) is 11.8 Å². The van der Waals surface area contributed by atoms with Gasteiger partial charge in [0.2, 0.25) is 0 Å². The van der Waals surface area contributed by atoms with Gasteiger partial charge in [-0.1, -0.05) is 0 Å². The van der Waals surface area contributed by atoms with Crippen LogP contribution in [0.4, 0.5) is 5.69 Å². The summed E-state index contributed by atoms with van der Waals surface area (Å²) in [5.41, 5.74) is 0.557. The third-order valence-electron chi connectivity index (χ3n) is 4.85. The molecule has 0 spiro atoms. The average Bonchev–Trinajstić information content (AvgIpc) is 3.62. The molecule has 2 amide bonds. The molecule has 1 aromatic carbocycles. The number of rotatable bonds is 10. The Labute approximate surface area is 195 Å². The van der Waals surface area contributed by atoms with Gasteiger partial charge in [-0.15, -0.1) is 0 Å². The van der Waals surface area contributed by atoms with Crippen molar-refractivity contribution in [1.82, 2.24) is 24.9 Å². The molecule has 176 valence electrons. The van der Waals surface area contributed by atoms with Gasteiger partial charge in [-0.3, -0.25) is 14.3 Å². The van der Waals surface area contributed by atoms with Gasteiger partial charge in [0.15, 0.2) is 18.1 Å². The van der Waals surface area contributed by atoms with Gasteiger partial charge < -0.3 is 24.5 Å². The molecule has 0 fully saturated rings. The molecule has 0 aliphatic heterocycles. The predicted octanol–water partition coefficient (Wildman–Crippen LogP) is 2.92. The van der Waals surface area contributed by atoms with Gasteiger partial charge in [-0.25, -0.2) is 4.68 Å². The molecule has 0 bridgehead atoms. The summed E-state index contributed by atoms with van der Waals surface area (Å²) in [6, 6.07) is 12.2. The van der Waals surface area contributed by atoms with Gasteiger partial charge in [0.1, 0.15) is 17.3 Å². The number of hydrogen-bond acceptors (Lipinski definition) is 7. The van der Waals surface area contributed by atoms with Crippen LogP contribution in [0.1, 0.15) is 33.7 Å². The Morgan fingerprint density at radius 3 is 2.53 bits per heavy atom. The summed E-state index contributed by atoms with van der Waals surface area (Å²) in [6.45, 7) is 2.74. The molecular weight excluding hydrogens is 440 g/mol. The molecule has 0 unspecified atom stereocenters. The molecule has 4 aromatic rings. The summed E-state index contributed by atoms with van der Waals surface area (Å²) in [5, 5.41) is 14.0. The Morgan fingerprint density at radius 2 is 1.82 bits per heavy atom.